The first-order chi connectivity index (χ1) is 16.3. The molecule has 182 valence electrons. The zero-order chi connectivity index (χ0) is 24.2. The Morgan fingerprint density at radius 1 is 1.09 bits per heavy atom. The van der Waals surface area contributed by atoms with Gasteiger partial charge in [-0.3, -0.25) is 9.69 Å². The van der Waals surface area contributed by atoms with Gasteiger partial charge in [-0.25, -0.2) is 4.79 Å². The third-order valence-electron chi connectivity index (χ3n) is 6.56. The maximum atomic E-state index is 12.4. The van der Waals surface area contributed by atoms with Crippen LogP contribution in [0.2, 0.25) is 0 Å². The van der Waals surface area contributed by atoms with Gasteiger partial charge in [0.25, 0.3) is 0 Å². The first-order valence-electron chi connectivity index (χ1n) is 12.2. The Hall–Kier alpha value is -2.90. The predicted octanol–water partition coefficient (Wildman–Crippen LogP) is 4.08. The minimum Gasteiger partial charge on any atom is -0.447 e. The Balaban J connectivity index is 1.59. The van der Waals surface area contributed by atoms with Crippen LogP contribution in [0.4, 0.5) is 10.5 Å². The lowest BCUT2D eigenvalue weighted by atomic mass is 9.89. The third kappa shape index (κ3) is 5.59. The van der Waals surface area contributed by atoms with Gasteiger partial charge in [0.2, 0.25) is 5.91 Å². The summed E-state index contributed by atoms with van der Waals surface area (Å²) in [6.45, 7) is 12.5. The molecule has 2 unspecified atom stereocenters. The molecule has 0 radical (unpaired) electrons. The molecule has 2 aromatic rings. The van der Waals surface area contributed by atoms with Crippen LogP contribution in [0.25, 0.3) is 11.1 Å². The van der Waals surface area contributed by atoms with Crippen LogP contribution in [0.15, 0.2) is 42.5 Å². The molecule has 4 rings (SSSR count). The summed E-state index contributed by atoms with van der Waals surface area (Å²) in [5.74, 6) is 0.00183. The first kappa shape index (κ1) is 24.2. The normalized spacial score (nSPS) is 20.7. The molecule has 7 heteroatoms. The smallest absolute Gasteiger partial charge is 0.407 e. The fraction of sp³-hybridized carbons (Fsp3) is 0.481. The van der Waals surface area contributed by atoms with Crippen molar-refractivity contribution in [3.05, 3.63) is 53.6 Å². The van der Waals surface area contributed by atoms with E-state index in [9.17, 15) is 9.59 Å². The number of carbonyl (C=O) groups excluding carboxylic acids is 2. The van der Waals surface area contributed by atoms with E-state index in [2.05, 4.69) is 51.9 Å². The third-order valence-corrected chi connectivity index (χ3v) is 6.56. The second kappa shape index (κ2) is 10.6. The van der Waals surface area contributed by atoms with E-state index in [0.29, 0.717) is 6.42 Å². The van der Waals surface area contributed by atoms with E-state index < -0.39 is 6.09 Å². The number of fused-ring (bicyclic) bond motifs is 1. The van der Waals surface area contributed by atoms with Crippen LogP contribution >= 0.6 is 0 Å². The summed E-state index contributed by atoms with van der Waals surface area (Å²) in [4.78, 5) is 29.1. The molecule has 2 aromatic carbocycles. The molecule has 0 spiro atoms. The molecule has 2 heterocycles. The van der Waals surface area contributed by atoms with Crippen LogP contribution in [0.5, 0.6) is 0 Å². The quantitative estimate of drug-likeness (QED) is 0.698. The second-order valence-electron chi connectivity index (χ2n) is 9.62. The summed E-state index contributed by atoms with van der Waals surface area (Å²) >= 11 is 0. The Kier molecular flexibility index (Phi) is 7.54. The lowest BCUT2D eigenvalue weighted by molar-refractivity contribution is -0.117. The molecule has 2 aliphatic heterocycles. The maximum Gasteiger partial charge on any atom is 0.407 e. The highest BCUT2D eigenvalue weighted by Gasteiger charge is 2.33. The van der Waals surface area contributed by atoms with Gasteiger partial charge in [0.05, 0.1) is 12.1 Å². The van der Waals surface area contributed by atoms with Crippen molar-refractivity contribution in [3.8, 4) is 11.1 Å². The fourth-order valence-corrected chi connectivity index (χ4v) is 4.98. The van der Waals surface area contributed by atoms with Gasteiger partial charge in [-0.15, -0.1) is 0 Å². The Bertz CT molecular complexity index is 1020. The van der Waals surface area contributed by atoms with Crippen molar-refractivity contribution >= 4 is 17.7 Å². The molecule has 34 heavy (non-hydrogen) atoms. The van der Waals surface area contributed by atoms with Gasteiger partial charge in [0, 0.05) is 51.4 Å². The lowest BCUT2D eigenvalue weighted by Gasteiger charge is -2.39. The number of alkyl carbamates (subject to hydrolysis) is 1. The Morgan fingerprint density at radius 3 is 2.41 bits per heavy atom. The average Bonchev–Trinajstić information content (AvgIpc) is 2.79. The summed E-state index contributed by atoms with van der Waals surface area (Å²) in [5, 5.41) is 6.41. The van der Waals surface area contributed by atoms with Gasteiger partial charge in [-0.1, -0.05) is 30.3 Å². The van der Waals surface area contributed by atoms with Gasteiger partial charge >= 0.3 is 6.09 Å². The van der Waals surface area contributed by atoms with E-state index in [1.165, 1.54) is 5.56 Å². The predicted molar refractivity (Wildman–Crippen MR) is 135 cm³/mol. The number of ether oxygens (including phenoxy) is 1. The highest BCUT2D eigenvalue weighted by molar-refractivity contribution is 5.94. The van der Waals surface area contributed by atoms with Gasteiger partial charge in [0.1, 0.15) is 0 Å². The molecule has 0 saturated carbocycles. The maximum absolute atomic E-state index is 12.4. The molecular weight excluding hydrogens is 428 g/mol. The van der Waals surface area contributed by atoms with Crippen molar-refractivity contribution in [1.82, 2.24) is 15.5 Å². The van der Waals surface area contributed by atoms with E-state index in [-0.39, 0.29) is 24.1 Å². The van der Waals surface area contributed by atoms with Crippen LogP contribution in [0.1, 0.15) is 51.3 Å². The van der Waals surface area contributed by atoms with Gasteiger partial charge < -0.3 is 20.3 Å². The summed E-state index contributed by atoms with van der Waals surface area (Å²) in [7, 11) is 0. The van der Waals surface area contributed by atoms with Gasteiger partial charge in [-0.05, 0) is 61.6 Å². The summed E-state index contributed by atoms with van der Waals surface area (Å²) in [5.41, 5.74) is 5.27. The number of rotatable bonds is 5. The Labute approximate surface area is 202 Å². The number of nitrogens with one attached hydrogen (secondary N) is 2. The SMILES string of the molecule is CC(=O)N1c2ccc(-c3ccc(CN4CCNCC4)cc3)cc2C(NC(=O)OC(C)C)CC1C. The molecule has 2 amide bonds. The first-order valence-corrected chi connectivity index (χ1v) is 12.2. The number of anilines is 1. The standard InChI is InChI=1S/C27H36N4O3/c1-18(2)34-27(33)29-25-15-19(3)31(20(4)32)26-10-9-23(16-24(25)26)22-7-5-21(6-8-22)17-30-13-11-28-12-14-30/h5-10,16,18-19,25,28H,11-15,17H2,1-4H3,(H,29,33). The fourth-order valence-electron chi connectivity index (χ4n) is 4.98. The topological polar surface area (TPSA) is 73.9 Å². The molecule has 0 aliphatic carbocycles. The number of hydrogen-bond acceptors (Lipinski definition) is 5. The molecule has 2 aliphatic rings. The minimum atomic E-state index is -0.433. The largest absolute Gasteiger partial charge is 0.447 e. The Morgan fingerprint density at radius 2 is 1.76 bits per heavy atom. The molecular formula is C27H36N4O3. The van der Waals surface area contributed by atoms with Crippen molar-refractivity contribution in [3.63, 3.8) is 0 Å². The lowest BCUT2D eigenvalue weighted by Crippen LogP contribution is -2.45. The number of piperazine rings is 1. The number of carbonyl (C=O) groups is 2. The van der Waals surface area contributed by atoms with Gasteiger partial charge in [-0.2, -0.15) is 0 Å². The van der Waals surface area contributed by atoms with Crippen LogP contribution in [-0.4, -0.2) is 55.2 Å². The number of benzene rings is 2. The average molecular weight is 465 g/mol. The molecule has 0 aromatic heterocycles. The number of nitrogens with zero attached hydrogens (tertiary/aromatic N) is 2. The molecule has 1 fully saturated rings. The van der Waals surface area contributed by atoms with Crippen molar-refractivity contribution in [1.29, 1.82) is 0 Å². The van der Waals surface area contributed by atoms with E-state index in [0.717, 1.165) is 55.1 Å². The number of hydrogen-bond donors (Lipinski definition) is 2. The van der Waals surface area contributed by atoms with Crippen LogP contribution in [0, 0.1) is 0 Å². The van der Waals surface area contributed by atoms with E-state index in [1.807, 2.05) is 31.7 Å². The van der Waals surface area contributed by atoms with E-state index in [4.69, 9.17) is 4.74 Å². The second-order valence-corrected chi connectivity index (χ2v) is 9.62. The van der Waals surface area contributed by atoms with E-state index >= 15 is 0 Å². The van der Waals surface area contributed by atoms with Crippen molar-refractivity contribution in [2.75, 3.05) is 31.1 Å². The van der Waals surface area contributed by atoms with Crippen LogP contribution < -0.4 is 15.5 Å². The van der Waals surface area contributed by atoms with Crippen LogP contribution in [0.3, 0.4) is 0 Å². The number of amides is 2. The summed E-state index contributed by atoms with van der Waals surface area (Å²) < 4.78 is 5.33. The summed E-state index contributed by atoms with van der Waals surface area (Å²) in [6.07, 6.45) is 0.00435. The zero-order valence-corrected chi connectivity index (χ0v) is 20.6. The highest BCUT2D eigenvalue weighted by Crippen LogP contribution is 2.39. The monoisotopic (exact) mass is 464 g/mol. The molecule has 1 saturated heterocycles. The molecule has 2 N–H and O–H groups in total. The van der Waals surface area contributed by atoms with Crippen molar-refractivity contribution < 1.29 is 14.3 Å². The van der Waals surface area contributed by atoms with Crippen LogP contribution in [-0.2, 0) is 16.1 Å². The minimum absolute atomic E-state index is 0.00183. The summed E-state index contributed by atoms with van der Waals surface area (Å²) in [6, 6.07) is 14.6. The van der Waals surface area contributed by atoms with Crippen molar-refractivity contribution in [2.24, 2.45) is 0 Å². The zero-order valence-electron chi connectivity index (χ0n) is 20.6. The molecule has 0 bridgehead atoms. The van der Waals surface area contributed by atoms with E-state index in [1.54, 1.807) is 6.92 Å². The van der Waals surface area contributed by atoms with Gasteiger partial charge in [0.15, 0.2) is 0 Å². The highest BCUT2D eigenvalue weighted by atomic mass is 16.6. The van der Waals surface area contributed by atoms with Crippen molar-refractivity contribution in [2.45, 2.75) is 58.8 Å². The molecule has 2 atom stereocenters. The molecule has 7 nitrogen and oxygen atoms in total.